The van der Waals surface area contributed by atoms with E-state index in [1.807, 2.05) is 13.8 Å². The smallest absolute Gasteiger partial charge is 0.280 e. The molecular formula is C32H44N6O7S. The second-order valence-corrected chi connectivity index (χ2v) is 13.5. The molecule has 46 heavy (non-hydrogen) atoms. The summed E-state index contributed by atoms with van der Waals surface area (Å²) in [5, 5.41) is 10.0. The van der Waals surface area contributed by atoms with Gasteiger partial charge in [0.2, 0.25) is 0 Å². The molecule has 1 aromatic carbocycles. The number of benzene rings is 1. The molecule has 3 aromatic rings. The molecule has 2 aromatic heterocycles. The number of aryl methyl sites for hydroxylation is 1. The Labute approximate surface area is 270 Å². The van der Waals surface area contributed by atoms with Crippen LogP contribution in [-0.4, -0.2) is 101 Å². The molecular weight excluding hydrogens is 612 g/mol. The van der Waals surface area contributed by atoms with Gasteiger partial charge in [0.05, 0.1) is 36.7 Å². The van der Waals surface area contributed by atoms with Crippen LogP contribution in [-0.2, 0) is 21.8 Å². The Kier molecular flexibility index (Phi) is 11.8. The average Bonchev–Trinajstić information content (AvgIpc) is 3.49. The maximum Gasteiger partial charge on any atom is 0.280 e. The minimum Gasteiger partial charge on any atom is -0.490 e. The van der Waals surface area contributed by atoms with Crippen molar-refractivity contribution in [3.05, 3.63) is 66.4 Å². The van der Waals surface area contributed by atoms with Crippen LogP contribution in [0, 0.1) is 5.92 Å². The van der Waals surface area contributed by atoms with Crippen molar-refractivity contribution in [3.63, 3.8) is 0 Å². The SMILES string of the molecule is C[C@@H]1CCCCO[C@H](CN(C)C(=O)c2ccncc2)[C@H](C)CN([C@H](C)CO)C(=O)c2cc(NS(=O)(=O)c3cn(C)cn3)ccc2O1. The van der Waals surface area contributed by atoms with Gasteiger partial charge in [-0.25, -0.2) is 4.98 Å². The average molecular weight is 657 g/mol. The van der Waals surface area contributed by atoms with Gasteiger partial charge in [-0.2, -0.15) is 8.42 Å². The number of rotatable bonds is 8. The fourth-order valence-electron chi connectivity index (χ4n) is 5.25. The lowest BCUT2D eigenvalue weighted by molar-refractivity contribution is -0.0149. The zero-order valence-corrected chi connectivity index (χ0v) is 27.8. The van der Waals surface area contributed by atoms with Crippen molar-refractivity contribution in [1.82, 2.24) is 24.3 Å². The Hall–Kier alpha value is -4.01. The number of likely N-dealkylation sites (N-methyl/N-ethyl adjacent to an activating group) is 1. The Morgan fingerprint density at radius 3 is 2.61 bits per heavy atom. The number of aliphatic hydroxyl groups is 1. The molecule has 2 amide bonds. The van der Waals surface area contributed by atoms with Gasteiger partial charge in [-0.15, -0.1) is 0 Å². The maximum absolute atomic E-state index is 14.3. The van der Waals surface area contributed by atoms with Crippen LogP contribution in [0.1, 0.15) is 60.7 Å². The third-order valence-corrected chi connectivity index (χ3v) is 9.25. The quantitative estimate of drug-likeness (QED) is 0.372. The van der Waals surface area contributed by atoms with Crippen LogP contribution in [0.3, 0.4) is 0 Å². The molecule has 2 N–H and O–H groups in total. The number of carbonyl (C=O) groups is 2. The number of amides is 2. The number of sulfonamides is 1. The van der Waals surface area contributed by atoms with E-state index < -0.39 is 28.1 Å². The van der Waals surface area contributed by atoms with Crippen LogP contribution >= 0.6 is 0 Å². The van der Waals surface area contributed by atoms with Crippen LogP contribution in [0.2, 0.25) is 0 Å². The summed E-state index contributed by atoms with van der Waals surface area (Å²) in [7, 11) is -0.645. The van der Waals surface area contributed by atoms with Crippen LogP contribution in [0.25, 0.3) is 0 Å². The summed E-state index contributed by atoms with van der Waals surface area (Å²) in [6, 6.07) is 7.32. The molecule has 4 atom stereocenters. The fourth-order valence-corrected chi connectivity index (χ4v) is 6.28. The first kappa shape index (κ1) is 34.9. The summed E-state index contributed by atoms with van der Waals surface area (Å²) in [5.41, 5.74) is 0.828. The highest BCUT2D eigenvalue weighted by atomic mass is 32.2. The van der Waals surface area contributed by atoms with Crippen LogP contribution in [0.4, 0.5) is 5.69 Å². The predicted octanol–water partition coefficient (Wildman–Crippen LogP) is 3.18. The van der Waals surface area contributed by atoms with Crippen molar-refractivity contribution in [2.24, 2.45) is 13.0 Å². The predicted molar refractivity (Wildman–Crippen MR) is 172 cm³/mol. The molecule has 0 radical (unpaired) electrons. The van der Waals surface area contributed by atoms with E-state index in [0.717, 1.165) is 12.8 Å². The second kappa shape index (κ2) is 15.5. The highest BCUT2D eigenvalue weighted by Gasteiger charge is 2.31. The molecule has 250 valence electrons. The highest BCUT2D eigenvalue weighted by Crippen LogP contribution is 2.29. The number of imidazole rings is 1. The Bertz CT molecular complexity index is 1580. The molecule has 1 aliphatic heterocycles. The number of aromatic nitrogens is 3. The lowest BCUT2D eigenvalue weighted by Gasteiger charge is -2.36. The molecule has 0 bridgehead atoms. The monoisotopic (exact) mass is 656 g/mol. The van der Waals surface area contributed by atoms with Gasteiger partial charge in [-0.05, 0) is 63.4 Å². The Morgan fingerprint density at radius 1 is 1.20 bits per heavy atom. The van der Waals surface area contributed by atoms with Gasteiger partial charge in [-0.1, -0.05) is 6.92 Å². The standard InChI is InChI=1S/C32H44N6O7S/c1-22-17-38(23(2)20-39)32(41)27-16-26(35-46(42,43)30-19-36(4)21-34-30)9-10-28(27)45-24(3)8-6-7-15-44-29(22)18-37(5)31(40)25-11-13-33-14-12-25/h9-14,16,19,21-24,29,35,39H,6-8,15,17-18,20H2,1-5H3/t22-,23-,24-,29-/m1/s1. The van der Waals surface area contributed by atoms with E-state index in [9.17, 15) is 23.1 Å². The largest absolute Gasteiger partial charge is 0.490 e. The lowest BCUT2D eigenvalue weighted by Crippen LogP contribution is -2.48. The third-order valence-electron chi connectivity index (χ3n) is 7.99. The van der Waals surface area contributed by atoms with E-state index in [0.29, 0.717) is 24.3 Å². The molecule has 1 aliphatic rings. The number of ether oxygens (including phenoxy) is 2. The van der Waals surface area contributed by atoms with E-state index >= 15 is 0 Å². The van der Waals surface area contributed by atoms with E-state index in [-0.39, 0.29) is 53.9 Å². The lowest BCUT2D eigenvalue weighted by atomic mass is 10.0. The Balaban J connectivity index is 1.66. The van der Waals surface area contributed by atoms with E-state index in [1.165, 1.54) is 23.2 Å². The number of hydrogen-bond donors (Lipinski definition) is 2. The number of anilines is 1. The van der Waals surface area contributed by atoms with E-state index in [4.69, 9.17) is 9.47 Å². The van der Waals surface area contributed by atoms with Gasteiger partial charge in [0.1, 0.15) is 5.75 Å². The number of fused-ring (bicyclic) bond motifs is 1. The Morgan fingerprint density at radius 2 is 1.93 bits per heavy atom. The molecule has 0 fully saturated rings. The van der Waals surface area contributed by atoms with Crippen LogP contribution in [0.5, 0.6) is 5.75 Å². The summed E-state index contributed by atoms with van der Waals surface area (Å²) >= 11 is 0. The first-order valence-electron chi connectivity index (χ1n) is 15.4. The zero-order valence-electron chi connectivity index (χ0n) is 27.0. The number of carbonyl (C=O) groups excluding carboxylic acids is 2. The minimum absolute atomic E-state index is 0.153. The third kappa shape index (κ3) is 8.83. The number of hydrogen-bond acceptors (Lipinski definition) is 9. The van der Waals surface area contributed by atoms with Gasteiger partial charge in [0.15, 0.2) is 5.03 Å². The molecule has 0 saturated heterocycles. The first-order valence-corrected chi connectivity index (χ1v) is 16.9. The molecule has 0 saturated carbocycles. The van der Waals surface area contributed by atoms with Crippen molar-refractivity contribution in [2.45, 2.75) is 63.3 Å². The summed E-state index contributed by atoms with van der Waals surface area (Å²) in [4.78, 5) is 38.5. The first-order chi connectivity index (χ1) is 21.9. The van der Waals surface area contributed by atoms with Gasteiger partial charge >= 0.3 is 0 Å². The van der Waals surface area contributed by atoms with E-state index in [2.05, 4.69) is 14.7 Å². The van der Waals surface area contributed by atoms with Gasteiger partial charge in [0, 0.05) is 69.6 Å². The molecule has 13 nitrogen and oxygen atoms in total. The van der Waals surface area contributed by atoms with Gasteiger partial charge in [-0.3, -0.25) is 19.3 Å². The highest BCUT2D eigenvalue weighted by molar-refractivity contribution is 7.92. The van der Waals surface area contributed by atoms with Gasteiger partial charge in [0.25, 0.3) is 21.8 Å². The molecule has 4 rings (SSSR count). The summed E-state index contributed by atoms with van der Waals surface area (Å²) in [6.07, 6.45) is 7.53. The molecule has 0 aliphatic carbocycles. The van der Waals surface area contributed by atoms with Crippen molar-refractivity contribution < 1.29 is 32.6 Å². The van der Waals surface area contributed by atoms with Gasteiger partial charge < -0.3 is 28.9 Å². The second-order valence-electron chi connectivity index (χ2n) is 11.9. The number of nitrogens with one attached hydrogen (secondary N) is 1. The number of nitrogens with zero attached hydrogens (tertiary/aromatic N) is 5. The van der Waals surface area contributed by atoms with Crippen molar-refractivity contribution in [1.29, 1.82) is 0 Å². The summed E-state index contributed by atoms with van der Waals surface area (Å²) < 4.78 is 42.7. The zero-order chi connectivity index (χ0) is 33.4. The molecule has 14 heteroatoms. The van der Waals surface area contributed by atoms with E-state index in [1.54, 1.807) is 67.5 Å². The molecule has 3 heterocycles. The van der Waals surface area contributed by atoms with Crippen molar-refractivity contribution in [3.8, 4) is 5.75 Å². The van der Waals surface area contributed by atoms with Crippen LogP contribution in [0.15, 0.2) is 60.3 Å². The van der Waals surface area contributed by atoms with Crippen molar-refractivity contribution >= 4 is 27.5 Å². The maximum atomic E-state index is 14.3. The molecule has 0 spiro atoms. The topological polar surface area (TPSA) is 156 Å². The van der Waals surface area contributed by atoms with Crippen LogP contribution < -0.4 is 9.46 Å². The number of aliphatic hydroxyl groups excluding tert-OH is 1. The minimum atomic E-state index is -4.03. The fraction of sp³-hybridized carbons (Fsp3) is 0.500. The van der Waals surface area contributed by atoms with Crippen molar-refractivity contribution in [2.75, 3.05) is 38.1 Å². The normalized spacial score (nSPS) is 20.6. The summed E-state index contributed by atoms with van der Waals surface area (Å²) in [6.45, 7) is 6.25. The molecule has 0 unspecified atom stereocenters. The summed E-state index contributed by atoms with van der Waals surface area (Å²) in [5.74, 6) is -0.544. The number of pyridine rings is 1.